The second-order valence-electron chi connectivity index (χ2n) is 7.50. The summed E-state index contributed by atoms with van der Waals surface area (Å²) >= 11 is 3.05. The van der Waals surface area contributed by atoms with Crippen LogP contribution in [0.15, 0.2) is 59.1 Å². The first-order chi connectivity index (χ1) is 16.6. The number of aromatic nitrogens is 4. The van der Waals surface area contributed by atoms with Gasteiger partial charge in [0.1, 0.15) is 5.75 Å². The van der Waals surface area contributed by atoms with Gasteiger partial charge in [-0.1, -0.05) is 49.0 Å². The van der Waals surface area contributed by atoms with Crippen molar-refractivity contribution in [3.05, 3.63) is 65.2 Å². The van der Waals surface area contributed by atoms with E-state index in [1.165, 1.54) is 11.3 Å². The number of anilines is 2. The molecule has 0 unspecified atom stereocenters. The zero-order valence-electron chi connectivity index (χ0n) is 19.7. The number of thioether (sulfide) groups is 1. The van der Waals surface area contributed by atoms with E-state index in [1.54, 1.807) is 30.7 Å². The Balaban J connectivity index is 1.55. The third kappa shape index (κ3) is 4.85. The van der Waals surface area contributed by atoms with Gasteiger partial charge in [-0.05, 0) is 37.1 Å². The van der Waals surface area contributed by atoms with Crippen LogP contribution in [0.2, 0.25) is 0 Å². The first-order valence-corrected chi connectivity index (χ1v) is 13.0. The van der Waals surface area contributed by atoms with Crippen LogP contribution in [0, 0.1) is 0 Å². The normalized spacial score (nSPS) is 10.9. The van der Waals surface area contributed by atoms with Crippen LogP contribution in [0.25, 0.3) is 11.4 Å². The zero-order chi connectivity index (χ0) is 24.1. The average molecular weight is 494 g/mol. The fraction of sp³-hybridized carbons (Fsp3) is 0.280. The summed E-state index contributed by atoms with van der Waals surface area (Å²) in [5.41, 5.74) is 3.81. The summed E-state index contributed by atoms with van der Waals surface area (Å²) in [6.45, 7) is 6.47. The van der Waals surface area contributed by atoms with Crippen molar-refractivity contribution in [1.29, 1.82) is 0 Å². The van der Waals surface area contributed by atoms with Crippen LogP contribution in [0.5, 0.6) is 5.75 Å². The molecule has 1 amide bonds. The van der Waals surface area contributed by atoms with Gasteiger partial charge in [-0.3, -0.25) is 9.69 Å². The third-order valence-electron chi connectivity index (χ3n) is 5.39. The van der Waals surface area contributed by atoms with Crippen LogP contribution in [-0.4, -0.2) is 32.8 Å². The predicted molar refractivity (Wildman–Crippen MR) is 138 cm³/mol. The van der Waals surface area contributed by atoms with E-state index >= 15 is 0 Å². The van der Waals surface area contributed by atoms with Crippen LogP contribution in [-0.2, 0) is 23.5 Å². The van der Waals surface area contributed by atoms with Crippen LogP contribution in [0.4, 0.5) is 10.8 Å². The molecule has 2 aromatic carbocycles. The van der Waals surface area contributed by atoms with Gasteiger partial charge in [-0.2, -0.15) is 0 Å². The van der Waals surface area contributed by atoms with Crippen molar-refractivity contribution in [3.63, 3.8) is 0 Å². The molecule has 4 aromatic rings. The van der Waals surface area contributed by atoms with Crippen molar-refractivity contribution < 1.29 is 9.53 Å². The highest BCUT2D eigenvalue weighted by Gasteiger charge is 2.21. The number of methoxy groups -OCH3 is 1. The molecule has 0 bridgehead atoms. The van der Waals surface area contributed by atoms with Gasteiger partial charge in [0, 0.05) is 24.6 Å². The molecule has 4 rings (SSSR count). The fourth-order valence-corrected chi connectivity index (χ4v) is 5.63. The highest BCUT2D eigenvalue weighted by Crippen LogP contribution is 2.34. The van der Waals surface area contributed by atoms with Gasteiger partial charge in [-0.25, -0.2) is 4.98 Å². The van der Waals surface area contributed by atoms with Gasteiger partial charge in [0.25, 0.3) is 0 Å². The SMILES string of the molecule is CCc1ccccc1N(C(C)=O)c1nc(CSc2nnc(-c3ccccc3OC)n2CC)cs1. The number of carbonyl (C=O) groups is 1. The summed E-state index contributed by atoms with van der Waals surface area (Å²) in [5, 5.41) is 12.4. The van der Waals surface area contributed by atoms with Crippen molar-refractivity contribution in [2.45, 2.75) is 44.6 Å². The molecule has 0 radical (unpaired) electrons. The third-order valence-corrected chi connectivity index (χ3v) is 7.26. The molecule has 0 aliphatic rings. The van der Waals surface area contributed by atoms with Crippen molar-refractivity contribution in [2.75, 3.05) is 12.0 Å². The maximum Gasteiger partial charge on any atom is 0.230 e. The quantitative estimate of drug-likeness (QED) is 0.268. The van der Waals surface area contributed by atoms with Gasteiger partial charge >= 0.3 is 0 Å². The summed E-state index contributed by atoms with van der Waals surface area (Å²) in [6.07, 6.45) is 0.843. The van der Waals surface area contributed by atoms with Gasteiger partial charge in [-0.15, -0.1) is 21.5 Å². The first kappa shape index (κ1) is 24.0. The number of amides is 1. The molecule has 0 N–H and O–H groups in total. The van der Waals surface area contributed by atoms with Crippen LogP contribution >= 0.6 is 23.1 Å². The van der Waals surface area contributed by atoms with E-state index in [-0.39, 0.29) is 5.91 Å². The number of aryl methyl sites for hydroxylation is 1. The number of nitrogens with zero attached hydrogens (tertiary/aromatic N) is 5. The molecule has 0 fully saturated rings. The van der Waals surface area contributed by atoms with E-state index in [1.807, 2.05) is 53.9 Å². The standard InChI is InChI=1S/C25H27N5O2S2/c1-5-18-11-7-9-13-21(18)30(17(3)31)24-26-19(15-33-24)16-34-25-28-27-23(29(25)6-2)20-12-8-10-14-22(20)32-4/h7-15H,5-6,16H2,1-4H3. The molecule has 2 heterocycles. The zero-order valence-corrected chi connectivity index (χ0v) is 21.3. The molecule has 7 nitrogen and oxygen atoms in total. The Labute approximate surface area is 207 Å². The number of carbonyl (C=O) groups excluding carboxylic acids is 1. The van der Waals surface area contributed by atoms with E-state index in [9.17, 15) is 4.79 Å². The van der Waals surface area contributed by atoms with Crippen molar-refractivity contribution in [3.8, 4) is 17.1 Å². The van der Waals surface area contributed by atoms with Crippen molar-refractivity contribution >= 4 is 39.8 Å². The molecular formula is C25H27N5O2S2. The number of hydrogen-bond acceptors (Lipinski definition) is 7. The lowest BCUT2D eigenvalue weighted by Crippen LogP contribution is -2.23. The molecule has 34 heavy (non-hydrogen) atoms. The molecule has 0 saturated carbocycles. The number of rotatable bonds is 9. The lowest BCUT2D eigenvalue weighted by molar-refractivity contribution is -0.115. The molecule has 0 spiro atoms. The number of para-hydroxylation sites is 2. The van der Waals surface area contributed by atoms with Crippen LogP contribution in [0.1, 0.15) is 32.0 Å². The first-order valence-electron chi connectivity index (χ1n) is 11.1. The predicted octanol–water partition coefficient (Wildman–Crippen LogP) is 5.97. The topological polar surface area (TPSA) is 73.1 Å². The van der Waals surface area contributed by atoms with E-state index in [4.69, 9.17) is 9.72 Å². The lowest BCUT2D eigenvalue weighted by atomic mass is 10.1. The number of hydrogen-bond donors (Lipinski definition) is 0. The Morgan fingerprint density at radius 2 is 1.88 bits per heavy atom. The van der Waals surface area contributed by atoms with E-state index < -0.39 is 0 Å². The fourth-order valence-electron chi connectivity index (χ4n) is 3.75. The van der Waals surface area contributed by atoms with Gasteiger partial charge in [0.2, 0.25) is 5.91 Å². The van der Waals surface area contributed by atoms with E-state index in [0.717, 1.165) is 52.2 Å². The minimum atomic E-state index is -0.0540. The Hall–Kier alpha value is -3.17. The molecule has 0 aliphatic heterocycles. The minimum Gasteiger partial charge on any atom is -0.496 e. The van der Waals surface area contributed by atoms with Gasteiger partial charge in [0.15, 0.2) is 16.1 Å². The molecular weight excluding hydrogens is 466 g/mol. The monoisotopic (exact) mass is 493 g/mol. The van der Waals surface area contributed by atoms with Gasteiger partial charge < -0.3 is 9.30 Å². The lowest BCUT2D eigenvalue weighted by Gasteiger charge is -2.20. The summed E-state index contributed by atoms with van der Waals surface area (Å²) in [4.78, 5) is 19.0. The van der Waals surface area contributed by atoms with E-state index in [2.05, 4.69) is 28.6 Å². The van der Waals surface area contributed by atoms with Crippen LogP contribution in [0.3, 0.4) is 0 Å². The second kappa shape index (κ2) is 10.8. The van der Waals surface area contributed by atoms with Crippen LogP contribution < -0.4 is 9.64 Å². The van der Waals surface area contributed by atoms with Gasteiger partial charge in [0.05, 0.1) is 24.1 Å². The highest BCUT2D eigenvalue weighted by atomic mass is 32.2. The Morgan fingerprint density at radius 3 is 2.62 bits per heavy atom. The summed E-state index contributed by atoms with van der Waals surface area (Å²) < 4.78 is 7.58. The second-order valence-corrected chi connectivity index (χ2v) is 9.28. The Bertz CT molecular complexity index is 1280. The van der Waals surface area contributed by atoms with Crippen molar-refractivity contribution in [2.24, 2.45) is 0 Å². The number of thiazole rings is 1. The number of ether oxygens (including phenoxy) is 1. The largest absolute Gasteiger partial charge is 0.496 e. The molecule has 9 heteroatoms. The highest BCUT2D eigenvalue weighted by molar-refractivity contribution is 7.98. The van der Waals surface area contributed by atoms with E-state index in [0.29, 0.717) is 10.9 Å². The molecule has 2 aromatic heterocycles. The molecule has 176 valence electrons. The summed E-state index contributed by atoms with van der Waals surface area (Å²) in [6, 6.07) is 15.8. The average Bonchev–Trinajstić information content (AvgIpc) is 3.49. The summed E-state index contributed by atoms with van der Waals surface area (Å²) in [7, 11) is 1.66. The maximum absolute atomic E-state index is 12.5. The molecule has 0 saturated heterocycles. The smallest absolute Gasteiger partial charge is 0.230 e. The van der Waals surface area contributed by atoms with Crippen molar-refractivity contribution in [1.82, 2.24) is 19.7 Å². The maximum atomic E-state index is 12.5. The minimum absolute atomic E-state index is 0.0540. The summed E-state index contributed by atoms with van der Waals surface area (Å²) in [5.74, 6) is 2.12. The Morgan fingerprint density at radius 1 is 1.12 bits per heavy atom. The Kier molecular flexibility index (Phi) is 7.64. The molecule has 0 aliphatic carbocycles. The molecule has 0 atom stereocenters. The number of benzene rings is 2.